The van der Waals surface area contributed by atoms with Gasteiger partial charge >= 0.3 is 5.97 Å². The molecule has 0 aliphatic heterocycles. The van der Waals surface area contributed by atoms with Crippen molar-refractivity contribution in [3.63, 3.8) is 0 Å². The van der Waals surface area contributed by atoms with Crippen LogP contribution in [0.2, 0.25) is 0 Å². The van der Waals surface area contributed by atoms with Gasteiger partial charge in [-0.1, -0.05) is 49.1 Å². The number of terminal acetylenes is 1. The lowest BCUT2D eigenvalue weighted by Gasteiger charge is -2.17. The number of esters is 1. The monoisotopic (exact) mass is 270 g/mol. The first-order valence-electron chi connectivity index (χ1n) is 6.96. The minimum atomic E-state index is -0.722. The van der Waals surface area contributed by atoms with Gasteiger partial charge in [0.05, 0.1) is 0 Å². The van der Waals surface area contributed by atoms with E-state index in [-0.39, 0.29) is 5.78 Å². The van der Waals surface area contributed by atoms with Gasteiger partial charge in [-0.05, 0) is 12.8 Å². The fraction of sp³-hybridized carbons (Fsp3) is 0.412. The number of carbonyl (C=O) groups excluding carboxylic acids is 2. The number of hydrogen-bond donors (Lipinski definition) is 0. The number of ether oxygens (including phenoxy) is 1. The molecule has 0 N–H and O–H groups in total. The standard InChI is InChI=1S/C17H18O3/c1-2-16(13-9-5-3-6-10-13)20-17(19)14-11-7-4-8-12-15(14)18/h1,3,5-6,9-10,14,16H,4,7-8,11-12H2. The van der Waals surface area contributed by atoms with Crippen LogP contribution in [0.15, 0.2) is 30.3 Å². The highest BCUT2D eigenvalue weighted by Crippen LogP contribution is 2.24. The molecule has 1 aromatic rings. The molecule has 104 valence electrons. The Morgan fingerprint density at radius 1 is 1.25 bits per heavy atom. The smallest absolute Gasteiger partial charge is 0.318 e. The summed E-state index contributed by atoms with van der Waals surface area (Å²) in [6.45, 7) is 0. The first-order chi connectivity index (χ1) is 9.72. The molecule has 20 heavy (non-hydrogen) atoms. The highest BCUT2D eigenvalue weighted by atomic mass is 16.5. The maximum absolute atomic E-state index is 12.2. The zero-order chi connectivity index (χ0) is 14.4. The van der Waals surface area contributed by atoms with Crippen molar-refractivity contribution in [2.75, 3.05) is 0 Å². The van der Waals surface area contributed by atoms with Gasteiger partial charge in [0.25, 0.3) is 0 Å². The maximum atomic E-state index is 12.2. The van der Waals surface area contributed by atoms with Crippen LogP contribution in [0, 0.1) is 18.3 Å². The summed E-state index contributed by atoms with van der Waals surface area (Å²) in [5.74, 6) is 1.32. The molecule has 1 fully saturated rings. The number of rotatable bonds is 3. The van der Waals surface area contributed by atoms with Crippen LogP contribution in [0.4, 0.5) is 0 Å². The second kappa shape index (κ2) is 6.91. The molecule has 0 spiro atoms. The highest BCUT2D eigenvalue weighted by Gasteiger charge is 2.30. The maximum Gasteiger partial charge on any atom is 0.318 e. The second-order valence-electron chi connectivity index (χ2n) is 5.01. The summed E-state index contributed by atoms with van der Waals surface area (Å²) < 4.78 is 5.36. The van der Waals surface area contributed by atoms with E-state index in [1.807, 2.05) is 30.3 Å². The molecule has 0 saturated heterocycles. The minimum Gasteiger partial charge on any atom is -0.444 e. The molecule has 0 amide bonds. The summed E-state index contributed by atoms with van der Waals surface area (Å²) >= 11 is 0. The molecule has 1 saturated carbocycles. The van der Waals surface area contributed by atoms with Crippen LogP contribution in [0.1, 0.15) is 43.8 Å². The van der Waals surface area contributed by atoms with Gasteiger partial charge < -0.3 is 4.74 Å². The SMILES string of the molecule is C#CC(OC(=O)C1CCCCCC1=O)c1ccccc1. The van der Waals surface area contributed by atoms with Crippen LogP contribution in [0.25, 0.3) is 0 Å². The Hall–Kier alpha value is -2.08. The topological polar surface area (TPSA) is 43.4 Å². The summed E-state index contributed by atoms with van der Waals surface area (Å²) in [4.78, 5) is 24.1. The molecule has 2 unspecified atom stereocenters. The van der Waals surface area contributed by atoms with Crippen LogP contribution in [0.3, 0.4) is 0 Å². The predicted molar refractivity (Wildman–Crippen MR) is 75.7 cm³/mol. The lowest BCUT2D eigenvalue weighted by atomic mass is 9.99. The largest absolute Gasteiger partial charge is 0.444 e. The fourth-order valence-electron chi connectivity index (χ4n) is 2.43. The number of Topliss-reactive ketones (excluding diaryl/α,β-unsaturated/α-hetero) is 1. The molecule has 0 heterocycles. The molecule has 3 heteroatoms. The van der Waals surface area contributed by atoms with E-state index in [4.69, 9.17) is 11.2 Å². The lowest BCUT2D eigenvalue weighted by Crippen LogP contribution is -2.26. The Kier molecular flexibility index (Phi) is 4.95. The third-order valence-corrected chi connectivity index (χ3v) is 3.58. The molecule has 1 aromatic carbocycles. The Bertz CT molecular complexity index is 513. The summed E-state index contributed by atoms with van der Waals surface area (Å²) in [5.41, 5.74) is 0.754. The molecule has 0 bridgehead atoms. The van der Waals surface area contributed by atoms with Crippen molar-refractivity contribution in [2.24, 2.45) is 5.92 Å². The van der Waals surface area contributed by atoms with E-state index in [1.165, 1.54) is 0 Å². The van der Waals surface area contributed by atoms with Gasteiger partial charge in [0.15, 0.2) is 6.10 Å². The zero-order valence-electron chi connectivity index (χ0n) is 11.4. The van der Waals surface area contributed by atoms with E-state index in [0.717, 1.165) is 24.8 Å². The molecule has 2 rings (SSSR count). The molecule has 3 nitrogen and oxygen atoms in total. The third-order valence-electron chi connectivity index (χ3n) is 3.58. The average Bonchev–Trinajstić information content (AvgIpc) is 2.70. The molecule has 2 atom stereocenters. The molecular formula is C17H18O3. The predicted octanol–water partition coefficient (Wildman–Crippen LogP) is 3.05. The van der Waals surface area contributed by atoms with Crippen LogP contribution in [0.5, 0.6) is 0 Å². The van der Waals surface area contributed by atoms with E-state index >= 15 is 0 Å². The van der Waals surface area contributed by atoms with Gasteiger partial charge in [0, 0.05) is 12.0 Å². The van der Waals surface area contributed by atoms with Gasteiger partial charge in [0.2, 0.25) is 0 Å². The van der Waals surface area contributed by atoms with Crippen LogP contribution in [-0.4, -0.2) is 11.8 Å². The van der Waals surface area contributed by atoms with Crippen molar-refractivity contribution < 1.29 is 14.3 Å². The molecule has 1 aliphatic rings. The molecular weight excluding hydrogens is 252 g/mol. The number of hydrogen-bond acceptors (Lipinski definition) is 3. The Labute approximate surface area is 119 Å². The first kappa shape index (κ1) is 14.3. The Morgan fingerprint density at radius 3 is 2.70 bits per heavy atom. The summed E-state index contributed by atoms with van der Waals surface area (Å²) in [6, 6.07) is 9.17. The number of carbonyl (C=O) groups is 2. The van der Waals surface area contributed by atoms with Crippen molar-refractivity contribution in [3.8, 4) is 12.3 Å². The van der Waals surface area contributed by atoms with Gasteiger partial charge in [-0.15, -0.1) is 6.42 Å². The van der Waals surface area contributed by atoms with E-state index in [2.05, 4.69) is 5.92 Å². The molecule has 0 aromatic heterocycles. The van der Waals surface area contributed by atoms with E-state index in [0.29, 0.717) is 12.8 Å². The van der Waals surface area contributed by atoms with Crippen molar-refractivity contribution in [2.45, 2.75) is 38.2 Å². The Morgan fingerprint density at radius 2 is 2.00 bits per heavy atom. The normalized spacial score (nSPS) is 20.6. The first-order valence-corrected chi connectivity index (χ1v) is 6.96. The summed E-state index contributed by atoms with van der Waals surface area (Å²) in [6.07, 6.45) is 8.49. The third kappa shape index (κ3) is 3.48. The van der Waals surface area contributed by atoms with Crippen LogP contribution >= 0.6 is 0 Å². The highest BCUT2D eigenvalue weighted by molar-refractivity contribution is 5.99. The average molecular weight is 270 g/mol. The van der Waals surface area contributed by atoms with Gasteiger partial charge in [0.1, 0.15) is 11.7 Å². The molecule has 0 radical (unpaired) electrons. The van der Waals surface area contributed by atoms with E-state index < -0.39 is 18.0 Å². The zero-order valence-corrected chi connectivity index (χ0v) is 11.4. The van der Waals surface area contributed by atoms with Crippen LogP contribution in [-0.2, 0) is 14.3 Å². The molecule has 1 aliphatic carbocycles. The lowest BCUT2D eigenvalue weighted by molar-refractivity contribution is -0.155. The Balaban J connectivity index is 2.06. The number of benzene rings is 1. The van der Waals surface area contributed by atoms with Crippen molar-refractivity contribution >= 4 is 11.8 Å². The van der Waals surface area contributed by atoms with Gasteiger partial charge in [-0.2, -0.15) is 0 Å². The van der Waals surface area contributed by atoms with Crippen LogP contribution < -0.4 is 0 Å². The van der Waals surface area contributed by atoms with Crippen molar-refractivity contribution in [1.29, 1.82) is 0 Å². The number of ketones is 1. The minimum absolute atomic E-state index is 0.0173. The van der Waals surface area contributed by atoms with E-state index in [9.17, 15) is 9.59 Å². The van der Waals surface area contributed by atoms with Gasteiger partial charge in [-0.3, -0.25) is 9.59 Å². The summed E-state index contributed by atoms with van der Waals surface area (Å²) in [5, 5.41) is 0. The quantitative estimate of drug-likeness (QED) is 0.367. The second-order valence-corrected chi connectivity index (χ2v) is 5.01. The summed E-state index contributed by atoms with van der Waals surface area (Å²) in [7, 11) is 0. The van der Waals surface area contributed by atoms with Crippen molar-refractivity contribution in [3.05, 3.63) is 35.9 Å². The van der Waals surface area contributed by atoms with Crippen molar-refractivity contribution in [1.82, 2.24) is 0 Å². The van der Waals surface area contributed by atoms with E-state index in [1.54, 1.807) is 0 Å². The fourth-order valence-corrected chi connectivity index (χ4v) is 2.43. The van der Waals surface area contributed by atoms with Gasteiger partial charge in [-0.25, -0.2) is 0 Å².